The van der Waals surface area contributed by atoms with E-state index in [1.807, 2.05) is 13.8 Å². The van der Waals surface area contributed by atoms with Crippen LogP contribution < -0.4 is 15.2 Å². The molecular formula is C12H18FNO2. The Kier molecular flexibility index (Phi) is 3.75. The molecule has 2 N–H and O–H groups in total. The lowest BCUT2D eigenvalue weighted by Gasteiger charge is -2.21. The van der Waals surface area contributed by atoms with E-state index >= 15 is 0 Å². The van der Waals surface area contributed by atoms with Crippen molar-refractivity contribution in [2.75, 3.05) is 14.2 Å². The van der Waals surface area contributed by atoms with Crippen LogP contribution in [0.3, 0.4) is 0 Å². The molecule has 0 fully saturated rings. The van der Waals surface area contributed by atoms with Crippen molar-refractivity contribution >= 4 is 0 Å². The average molecular weight is 227 g/mol. The smallest absolute Gasteiger partial charge is 0.133 e. The number of hydrogen-bond acceptors (Lipinski definition) is 3. The number of hydrogen-bond donors (Lipinski definition) is 1. The van der Waals surface area contributed by atoms with Gasteiger partial charge in [0.05, 0.1) is 14.2 Å². The molecule has 0 radical (unpaired) electrons. The number of halogens is 1. The van der Waals surface area contributed by atoms with E-state index in [0.29, 0.717) is 23.5 Å². The molecule has 0 saturated heterocycles. The summed E-state index contributed by atoms with van der Waals surface area (Å²) in [7, 11) is 2.99. The van der Waals surface area contributed by atoms with Gasteiger partial charge in [0.25, 0.3) is 0 Å². The lowest BCUT2D eigenvalue weighted by Crippen LogP contribution is -2.34. The van der Waals surface area contributed by atoms with Gasteiger partial charge in [-0.2, -0.15) is 0 Å². The van der Waals surface area contributed by atoms with E-state index in [2.05, 4.69) is 0 Å². The second kappa shape index (κ2) is 4.70. The van der Waals surface area contributed by atoms with E-state index in [0.717, 1.165) is 0 Å². The van der Waals surface area contributed by atoms with Gasteiger partial charge in [0, 0.05) is 23.2 Å². The number of ether oxygens (including phenoxy) is 2. The summed E-state index contributed by atoms with van der Waals surface area (Å²) in [5.41, 5.74) is 5.88. The van der Waals surface area contributed by atoms with E-state index in [4.69, 9.17) is 15.2 Å². The fraction of sp³-hybridized carbons (Fsp3) is 0.500. The van der Waals surface area contributed by atoms with Crippen molar-refractivity contribution in [2.45, 2.75) is 25.8 Å². The summed E-state index contributed by atoms with van der Waals surface area (Å²) in [6.45, 7) is 3.69. The fourth-order valence-corrected chi connectivity index (χ4v) is 1.51. The summed E-state index contributed by atoms with van der Waals surface area (Å²) in [5.74, 6) is 0.554. The molecule has 0 heterocycles. The first-order chi connectivity index (χ1) is 7.37. The van der Waals surface area contributed by atoms with E-state index in [9.17, 15) is 4.39 Å². The normalized spacial score (nSPS) is 11.4. The molecule has 4 heteroatoms. The molecule has 3 nitrogen and oxygen atoms in total. The first kappa shape index (κ1) is 12.8. The zero-order valence-corrected chi connectivity index (χ0v) is 10.1. The molecule has 0 aromatic heterocycles. The van der Waals surface area contributed by atoms with E-state index in [1.165, 1.54) is 20.3 Å². The number of benzene rings is 1. The number of rotatable bonds is 4. The molecule has 1 rings (SSSR count). The van der Waals surface area contributed by atoms with E-state index in [-0.39, 0.29) is 5.82 Å². The van der Waals surface area contributed by atoms with Gasteiger partial charge >= 0.3 is 0 Å². The summed E-state index contributed by atoms with van der Waals surface area (Å²) in [6, 6.07) is 2.99. The number of nitrogens with two attached hydrogens (primary N) is 1. The quantitative estimate of drug-likeness (QED) is 0.857. The van der Waals surface area contributed by atoms with Gasteiger partial charge < -0.3 is 15.2 Å². The molecule has 0 unspecified atom stereocenters. The van der Waals surface area contributed by atoms with Crippen molar-refractivity contribution in [1.29, 1.82) is 0 Å². The topological polar surface area (TPSA) is 44.5 Å². The Morgan fingerprint density at radius 3 is 2.31 bits per heavy atom. The zero-order valence-electron chi connectivity index (χ0n) is 10.1. The van der Waals surface area contributed by atoms with Crippen molar-refractivity contribution in [3.8, 4) is 11.5 Å². The third kappa shape index (κ3) is 3.10. The van der Waals surface area contributed by atoms with Gasteiger partial charge in [0.15, 0.2) is 0 Å². The Balaban J connectivity index is 3.16. The predicted molar refractivity (Wildman–Crippen MR) is 61.5 cm³/mol. The van der Waals surface area contributed by atoms with Crippen molar-refractivity contribution in [2.24, 2.45) is 5.73 Å². The molecule has 1 aromatic rings. The maximum atomic E-state index is 13.8. The molecule has 0 amide bonds. The monoisotopic (exact) mass is 227 g/mol. The maximum absolute atomic E-state index is 13.8. The van der Waals surface area contributed by atoms with Crippen LogP contribution in [0.2, 0.25) is 0 Å². The zero-order chi connectivity index (χ0) is 12.3. The Morgan fingerprint density at radius 1 is 1.25 bits per heavy atom. The number of methoxy groups -OCH3 is 2. The molecule has 0 spiro atoms. The lowest BCUT2D eigenvalue weighted by atomic mass is 9.95. The summed E-state index contributed by atoms with van der Waals surface area (Å²) < 4.78 is 23.9. The van der Waals surface area contributed by atoms with Crippen molar-refractivity contribution < 1.29 is 13.9 Å². The van der Waals surface area contributed by atoms with Crippen molar-refractivity contribution in [1.82, 2.24) is 0 Å². The van der Waals surface area contributed by atoms with Crippen molar-refractivity contribution in [3.05, 3.63) is 23.5 Å². The summed E-state index contributed by atoms with van der Waals surface area (Å²) in [5, 5.41) is 0. The third-order valence-electron chi connectivity index (χ3n) is 2.22. The van der Waals surface area contributed by atoms with Gasteiger partial charge in [-0.1, -0.05) is 0 Å². The van der Waals surface area contributed by atoms with Crippen molar-refractivity contribution in [3.63, 3.8) is 0 Å². The molecule has 0 bridgehead atoms. The van der Waals surface area contributed by atoms with Gasteiger partial charge in [0.2, 0.25) is 0 Å². The van der Waals surface area contributed by atoms with Crippen LogP contribution in [0.1, 0.15) is 19.4 Å². The van der Waals surface area contributed by atoms with Gasteiger partial charge in [-0.05, 0) is 20.3 Å². The SMILES string of the molecule is COc1cc(F)c(CC(C)(C)N)c(OC)c1. The third-order valence-corrected chi connectivity index (χ3v) is 2.22. The molecule has 0 atom stereocenters. The van der Waals surface area contributed by atoms with Gasteiger partial charge in [-0.15, -0.1) is 0 Å². The highest BCUT2D eigenvalue weighted by Crippen LogP contribution is 2.30. The Labute approximate surface area is 95.4 Å². The highest BCUT2D eigenvalue weighted by Gasteiger charge is 2.19. The summed E-state index contributed by atoms with van der Waals surface area (Å²) in [4.78, 5) is 0. The molecule has 0 aliphatic heterocycles. The molecule has 1 aromatic carbocycles. The Morgan fingerprint density at radius 2 is 1.88 bits per heavy atom. The van der Waals surface area contributed by atoms with Gasteiger partial charge in [-0.3, -0.25) is 0 Å². The molecular weight excluding hydrogens is 209 g/mol. The first-order valence-corrected chi connectivity index (χ1v) is 5.06. The molecule has 0 saturated carbocycles. The van der Waals surface area contributed by atoms with Crippen LogP contribution in [0.4, 0.5) is 4.39 Å². The molecule has 0 aliphatic rings. The first-order valence-electron chi connectivity index (χ1n) is 5.06. The molecule has 90 valence electrons. The van der Waals surface area contributed by atoms with Crippen LogP contribution >= 0.6 is 0 Å². The van der Waals surface area contributed by atoms with Crippen LogP contribution in [0.5, 0.6) is 11.5 Å². The standard InChI is InChI=1S/C12H18FNO2/c1-12(2,14)7-9-10(13)5-8(15-3)6-11(9)16-4/h5-6H,7,14H2,1-4H3. The second-order valence-corrected chi connectivity index (χ2v) is 4.46. The van der Waals surface area contributed by atoms with Crippen LogP contribution in [-0.2, 0) is 6.42 Å². The minimum absolute atomic E-state index is 0.352. The Hall–Kier alpha value is -1.29. The minimum Gasteiger partial charge on any atom is -0.497 e. The van der Waals surface area contributed by atoms with E-state index in [1.54, 1.807) is 6.07 Å². The average Bonchev–Trinajstić information content (AvgIpc) is 2.19. The second-order valence-electron chi connectivity index (χ2n) is 4.46. The summed E-state index contributed by atoms with van der Waals surface area (Å²) >= 11 is 0. The van der Waals surface area contributed by atoms with Gasteiger partial charge in [0.1, 0.15) is 17.3 Å². The maximum Gasteiger partial charge on any atom is 0.133 e. The summed E-state index contributed by atoms with van der Waals surface area (Å²) in [6.07, 6.45) is 0.409. The highest BCUT2D eigenvalue weighted by molar-refractivity contribution is 5.42. The molecule has 0 aliphatic carbocycles. The largest absolute Gasteiger partial charge is 0.497 e. The van der Waals surface area contributed by atoms with Crippen LogP contribution in [0.15, 0.2) is 12.1 Å². The van der Waals surface area contributed by atoms with E-state index < -0.39 is 5.54 Å². The highest BCUT2D eigenvalue weighted by atomic mass is 19.1. The minimum atomic E-state index is -0.483. The lowest BCUT2D eigenvalue weighted by molar-refractivity contribution is 0.377. The Bertz CT molecular complexity index is 372. The van der Waals surface area contributed by atoms with Crippen LogP contribution in [0, 0.1) is 5.82 Å². The predicted octanol–water partition coefficient (Wildman–Crippen LogP) is 2.12. The fourth-order valence-electron chi connectivity index (χ4n) is 1.51. The van der Waals surface area contributed by atoms with Crippen LogP contribution in [-0.4, -0.2) is 19.8 Å². The van der Waals surface area contributed by atoms with Crippen LogP contribution in [0.25, 0.3) is 0 Å². The molecule has 16 heavy (non-hydrogen) atoms. The van der Waals surface area contributed by atoms with Gasteiger partial charge in [-0.25, -0.2) is 4.39 Å².